The molecule has 0 aliphatic heterocycles. The highest BCUT2D eigenvalue weighted by molar-refractivity contribution is 7.99. The van der Waals surface area contributed by atoms with Crippen LogP contribution < -0.4 is 21.2 Å². The lowest BCUT2D eigenvalue weighted by Gasteiger charge is -2.16. The minimum Gasteiger partial charge on any atom is -0.505 e. The minimum absolute atomic E-state index is 0.0560. The van der Waals surface area contributed by atoms with Crippen molar-refractivity contribution < 1.29 is 28.9 Å². The van der Waals surface area contributed by atoms with Gasteiger partial charge in [-0.2, -0.15) is 0 Å². The van der Waals surface area contributed by atoms with Crippen LogP contribution in [0, 0.1) is 5.82 Å². The monoisotopic (exact) mass is 564 g/mol. The SMILES string of the molecule is O=c1oc2c(c(O)c1Sc1ccccc1F)c(=O)n(-c1ccccc1)c1cc(OC[C@H](O)CNCCO)ccc21. The van der Waals surface area contributed by atoms with Gasteiger partial charge in [0, 0.05) is 35.1 Å². The van der Waals surface area contributed by atoms with E-state index >= 15 is 0 Å². The van der Waals surface area contributed by atoms with Gasteiger partial charge in [-0.1, -0.05) is 42.1 Å². The molecule has 11 heteroatoms. The van der Waals surface area contributed by atoms with Gasteiger partial charge in [0.2, 0.25) is 0 Å². The predicted molar refractivity (Wildman–Crippen MR) is 149 cm³/mol. The van der Waals surface area contributed by atoms with E-state index in [0.29, 0.717) is 40.6 Å². The number of para-hydroxylation sites is 1. The highest BCUT2D eigenvalue weighted by Gasteiger charge is 2.24. The van der Waals surface area contributed by atoms with Gasteiger partial charge < -0.3 is 29.8 Å². The molecule has 0 spiro atoms. The van der Waals surface area contributed by atoms with E-state index in [4.69, 9.17) is 14.3 Å². The van der Waals surface area contributed by atoms with Crippen LogP contribution in [-0.4, -0.2) is 52.3 Å². The first kappa shape index (κ1) is 27.4. The number of aliphatic hydroxyl groups is 2. The van der Waals surface area contributed by atoms with Gasteiger partial charge >= 0.3 is 5.63 Å². The molecule has 2 heterocycles. The Labute approximate surface area is 231 Å². The van der Waals surface area contributed by atoms with Crippen LogP contribution in [0.25, 0.3) is 27.6 Å². The van der Waals surface area contributed by atoms with E-state index in [1.54, 1.807) is 54.6 Å². The van der Waals surface area contributed by atoms with Gasteiger partial charge in [-0.15, -0.1) is 0 Å². The summed E-state index contributed by atoms with van der Waals surface area (Å²) in [5.74, 6) is -0.848. The fraction of sp³-hybridized carbons (Fsp3) is 0.172. The number of fused-ring (bicyclic) bond motifs is 3. The normalized spacial score (nSPS) is 12.2. The molecule has 5 aromatic rings. The predicted octanol–water partition coefficient (Wildman–Crippen LogP) is 3.41. The summed E-state index contributed by atoms with van der Waals surface area (Å²) in [5.41, 5.74) is -0.872. The summed E-state index contributed by atoms with van der Waals surface area (Å²) < 4.78 is 27.0. The van der Waals surface area contributed by atoms with E-state index in [1.807, 2.05) is 0 Å². The first-order chi connectivity index (χ1) is 19.4. The van der Waals surface area contributed by atoms with Crippen LogP contribution in [0.2, 0.25) is 0 Å². The van der Waals surface area contributed by atoms with Gasteiger partial charge in [0.15, 0.2) is 11.3 Å². The molecule has 40 heavy (non-hydrogen) atoms. The number of hydrogen-bond donors (Lipinski definition) is 4. The van der Waals surface area contributed by atoms with Crippen LogP contribution in [0.4, 0.5) is 4.39 Å². The second-order valence-electron chi connectivity index (χ2n) is 8.85. The molecule has 0 bridgehead atoms. The number of rotatable bonds is 10. The first-order valence-electron chi connectivity index (χ1n) is 12.4. The van der Waals surface area contributed by atoms with Gasteiger partial charge in [0.25, 0.3) is 5.56 Å². The van der Waals surface area contributed by atoms with E-state index in [2.05, 4.69) is 5.32 Å². The molecule has 0 fully saturated rings. The number of nitrogens with one attached hydrogen (secondary N) is 1. The Bertz CT molecular complexity index is 1790. The lowest BCUT2D eigenvalue weighted by Crippen LogP contribution is -2.32. The van der Waals surface area contributed by atoms with Crippen molar-refractivity contribution in [2.24, 2.45) is 0 Å². The molecular formula is C29H25FN2O7S. The van der Waals surface area contributed by atoms with Crippen LogP contribution in [-0.2, 0) is 0 Å². The Hall–Kier alpha value is -4.16. The standard InChI is InChI=1S/C29H25FN2O7S/c30-21-8-4-5-9-23(21)40-27-25(35)24-26(39-29(27)37)20-11-10-19(38-16-18(34)15-31-12-13-33)14-22(20)32(28(24)36)17-6-2-1-3-7-17/h1-11,14,18,31,33-35H,12-13,15-16H2/t18-/m1/s1. The molecule has 9 nitrogen and oxygen atoms in total. The minimum atomic E-state index is -0.921. The molecular weight excluding hydrogens is 539 g/mol. The largest absolute Gasteiger partial charge is 0.505 e. The molecule has 0 saturated carbocycles. The third-order valence-corrected chi connectivity index (χ3v) is 7.22. The summed E-state index contributed by atoms with van der Waals surface area (Å²) in [6.45, 7) is 0.436. The summed E-state index contributed by atoms with van der Waals surface area (Å²) in [4.78, 5) is 26.7. The number of nitrogens with zero attached hydrogens (tertiary/aromatic N) is 1. The molecule has 206 valence electrons. The fourth-order valence-electron chi connectivity index (χ4n) is 4.26. The topological polar surface area (TPSA) is 134 Å². The number of aromatic nitrogens is 1. The Morgan fingerprint density at radius 1 is 1.05 bits per heavy atom. The number of pyridine rings is 1. The zero-order valence-corrected chi connectivity index (χ0v) is 21.9. The highest BCUT2D eigenvalue weighted by atomic mass is 32.2. The second kappa shape index (κ2) is 11.9. The molecule has 2 aromatic heterocycles. The number of benzene rings is 3. The Kier molecular flexibility index (Phi) is 8.17. The van der Waals surface area contributed by atoms with Crippen molar-refractivity contribution in [3.63, 3.8) is 0 Å². The maximum atomic E-state index is 14.3. The van der Waals surface area contributed by atoms with Crippen molar-refractivity contribution >= 4 is 33.6 Å². The number of ether oxygens (including phenoxy) is 1. The maximum absolute atomic E-state index is 14.3. The smallest absolute Gasteiger partial charge is 0.354 e. The molecule has 0 aliphatic carbocycles. The zero-order valence-electron chi connectivity index (χ0n) is 21.0. The van der Waals surface area contributed by atoms with Crippen molar-refractivity contribution in [3.8, 4) is 17.2 Å². The van der Waals surface area contributed by atoms with Crippen LogP contribution in [0.1, 0.15) is 0 Å². The number of hydrogen-bond acceptors (Lipinski definition) is 9. The molecule has 5 rings (SSSR count). The fourth-order valence-corrected chi connectivity index (χ4v) is 5.11. The number of aliphatic hydroxyl groups excluding tert-OH is 2. The quantitative estimate of drug-likeness (QED) is 0.149. The molecule has 0 saturated heterocycles. The van der Waals surface area contributed by atoms with Gasteiger partial charge in [0.05, 0.1) is 12.1 Å². The van der Waals surface area contributed by atoms with Gasteiger partial charge in [0.1, 0.15) is 34.6 Å². The van der Waals surface area contributed by atoms with Crippen molar-refractivity contribution in [1.29, 1.82) is 0 Å². The third kappa shape index (κ3) is 5.45. The van der Waals surface area contributed by atoms with Gasteiger partial charge in [-0.3, -0.25) is 9.36 Å². The van der Waals surface area contributed by atoms with E-state index in [-0.39, 0.29) is 40.5 Å². The summed E-state index contributed by atoms with van der Waals surface area (Å²) in [6, 6.07) is 19.2. The van der Waals surface area contributed by atoms with Gasteiger partial charge in [-0.25, -0.2) is 9.18 Å². The molecule has 3 aromatic carbocycles. The average molecular weight is 565 g/mol. The molecule has 0 unspecified atom stereocenters. The second-order valence-corrected chi connectivity index (χ2v) is 9.90. The van der Waals surface area contributed by atoms with Crippen molar-refractivity contribution in [3.05, 3.63) is 99.4 Å². The van der Waals surface area contributed by atoms with Crippen molar-refractivity contribution in [2.45, 2.75) is 15.9 Å². The third-order valence-electron chi connectivity index (χ3n) is 6.10. The van der Waals surface area contributed by atoms with E-state index < -0.39 is 28.9 Å². The summed E-state index contributed by atoms with van der Waals surface area (Å²) in [7, 11) is 0. The summed E-state index contributed by atoms with van der Waals surface area (Å²) >= 11 is 0.675. The highest BCUT2D eigenvalue weighted by Crippen LogP contribution is 2.38. The molecule has 1 atom stereocenters. The lowest BCUT2D eigenvalue weighted by molar-refractivity contribution is 0.105. The van der Waals surface area contributed by atoms with E-state index in [0.717, 1.165) is 0 Å². The van der Waals surface area contributed by atoms with E-state index in [1.165, 1.54) is 22.8 Å². The van der Waals surface area contributed by atoms with Crippen LogP contribution >= 0.6 is 11.8 Å². The lowest BCUT2D eigenvalue weighted by atomic mass is 10.1. The van der Waals surface area contributed by atoms with Crippen LogP contribution in [0.3, 0.4) is 0 Å². The molecule has 0 aliphatic rings. The average Bonchev–Trinajstić information content (AvgIpc) is 2.95. The van der Waals surface area contributed by atoms with E-state index in [9.17, 15) is 24.2 Å². The van der Waals surface area contributed by atoms with Crippen molar-refractivity contribution in [1.82, 2.24) is 9.88 Å². The zero-order chi connectivity index (χ0) is 28.2. The number of halogens is 1. The number of aromatic hydroxyl groups is 1. The van der Waals surface area contributed by atoms with Crippen molar-refractivity contribution in [2.75, 3.05) is 26.3 Å². The summed E-state index contributed by atoms with van der Waals surface area (Å²) in [5, 5.41) is 33.2. The summed E-state index contributed by atoms with van der Waals surface area (Å²) in [6.07, 6.45) is -0.851. The van der Waals surface area contributed by atoms with Crippen LogP contribution in [0.15, 0.2) is 96.6 Å². The van der Waals surface area contributed by atoms with Gasteiger partial charge in [-0.05, 0) is 36.4 Å². The molecule has 4 N–H and O–H groups in total. The maximum Gasteiger partial charge on any atom is 0.354 e. The Morgan fingerprint density at radius 3 is 2.55 bits per heavy atom. The molecule has 0 amide bonds. The molecule has 0 radical (unpaired) electrons. The Balaban J connectivity index is 1.67. The van der Waals surface area contributed by atoms with Crippen LogP contribution in [0.5, 0.6) is 11.5 Å². The Morgan fingerprint density at radius 2 is 1.80 bits per heavy atom. The first-order valence-corrected chi connectivity index (χ1v) is 13.2.